The Hall–Kier alpha value is -2.63. The van der Waals surface area contributed by atoms with E-state index in [-0.39, 0.29) is 17.6 Å². The Morgan fingerprint density at radius 1 is 0.963 bits per heavy atom. The van der Waals surface area contributed by atoms with Gasteiger partial charge < -0.3 is 14.9 Å². The van der Waals surface area contributed by atoms with E-state index >= 15 is 0 Å². The standard InChI is InChI=1S/C21H28N4O2/c1-14(2)18-13-19(23-20(22-18)15(3)4)24-9-11-25(12-10-24)21(27)16-5-7-17(26)8-6-16/h5-8,13-15,26H,9-12H2,1-4H3. The SMILES string of the molecule is CC(C)c1cc(N2CCN(C(=O)c3ccc(O)cc3)CC2)nc(C(C)C)n1. The number of hydrogen-bond donors (Lipinski definition) is 1. The summed E-state index contributed by atoms with van der Waals surface area (Å²) >= 11 is 0. The van der Waals surface area contributed by atoms with Crippen LogP contribution in [0.5, 0.6) is 5.75 Å². The maximum Gasteiger partial charge on any atom is 0.253 e. The number of aromatic hydroxyl groups is 1. The number of aromatic nitrogens is 2. The lowest BCUT2D eigenvalue weighted by atomic mass is 10.1. The number of rotatable bonds is 4. The van der Waals surface area contributed by atoms with E-state index in [0.717, 1.165) is 30.4 Å². The van der Waals surface area contributed by atoms with Crippen molar-refractivity contribution in [2.45, 2.75) is 39.5 Å². The van der Waals surface area contributed by atoms with Crippen molar-refractivity contribution < 1.29 is 9.90 Å². The Labute approximate surface area is 160 Å². The summed E-state index contributed by atoms with van der Waals surface area (Å²) in [5.74, 6) is 2.62. The van der Waals surface area contributed by atoms with E-state index in [1.54, 1.807) is 24.3 Å². The molecule has 0 saturated carbocycles. The molecule has 1 amide bonds. The molecule has 0 bridgehead atoms. The van der Waals surface area contributed by atoms with Gasteiger partial charge in [0.15, 0.2) is 0 Å². The van der Waals surface area contributed by atoms with Gasteiger partial charge in [0.25, 0.3) is 5.91 Å². The molecular weight excluding hydrogens is 340 g/mol. The Balaban J connectivity index is 1.72. The molecule has 144 valence electrons. The summed E-state index contributed by atoms with van der Waals surface area (Å²) in [7, 11) is 0. The highest BCUT2D eigenvalue weighted by atomic mass is 16.3. The van der Waals surface area contributed by atoms with Gasteiger partial charge in [0.1, 0.15) is 17.4 Å². The molecule has 0 atom stereocenters. The van der Waals surface area contributed by atoms with Gasteiger partial charge in [-0.3, -0.25) is 4.79 Å². The molecule has 6 heteroatoms. The topological polar surface area (TPSA) is 69.6 Å². The molecule has 2 aromatic rings. The van der Waals surface area contributed by atoms with Crippen molar-refractivity contribution in [1.29, 1.82) is 0 Å². The maximum atomic E-state index is 12.6. The first-order chi connectivity index (χ1) is 12.8. The Bertz CT molecular complexity index is 768. The van der Waals surface area contributed by atoms with Crippen LogP contribution >= 0.6 is 0 Å². The van der Waals surface area contributed by atoms with Gasteiger partial charge in [0.2, 0.25) is 0 Å². The van der Waals surface area contributed by atoms with Crippen molar-refractivity contribution in [2.24, 2.45) is 0 Å². The van der Waals surface area contributed by atoms with Crippen molar-refractivity contribution in [3.63, 3.8) is 0 Å². The summed E-state index contributed by atoms with van der Waals surface area (Å²) in [5, 5.41) is 9.39. The Morgan fingerprint density at radius 3 is 2.15 bits per heavy atom. The van der Waals surface area contributed by atoms with Crippen LogP contribution in [0.15, 0.2) is 30.3 Å². The van der Waals surface area contributed by atoms with Crippen molar-refractivity contribution in [1.82, 2.24) is 14.9 Å². The third-order valence-electron chi connectivity index (χ3n) is 4.86. The molecule has 27 heavy (non-hydrogen) atoms. The molecule has 2 heterocycles. The molecule has 1 aromatic carbocycles. The number of benzene rings is 1. The lowest BCUT2D eigenvalue weighted by molar-refractivity contribution is 0.0746. The van der Waals surface area contributed by atoms with Crippen LogP contribution in [-0.4, -0.2) is 52.1 Å². The Morgan fingerprint density at radius 2 is 1.59 bits per heavy atom. The fraction of sp³-hybridized carbons (Fsp3) is 0.476. The molecule has 1 aromatic heterocycles. The molecule has 1 fully saturated rings. The second-order valence-electron chi connectivity index (χ2n) is 7.64. The fourth-order valence-electron chi connectivity index (χ4n) is 3.11. The fourth-order valence-corrected chi connectivity index (χ4v) is 3.11. The maximum absolute atomic E-state index is 12.6. The summed E-state index contributed by atoms with van der Waals surface area (Å²) in [5.41, 5.74) is 1.67. The van der Waals surface area contributed by atoms with Gasteiger partial charge in [-0.05, 0) is 30.2 Å². The van der Waals surface area contributed by atoms with E-state index < -0.39 is 0 Å². The van der Waals surface area contributed by atoms with Crippen molar-refractivity contribution >= 4 is 11.7 Å². The second kappa shape index (κ2) is 7.94. The van der Waals surface area contributed by atoms with Gasteiger partial charge in [-0.15, -0.1) is 0 Å². The summed E-state index contributed by atoms with van der Waals surface area (Å²) < 4.78 is 0. The first kappa shape index (κ1) is 19.1. The van der Waals surface area contributed by atoms with E-state index in [2.05, 4.69) is 38.7 Å². The number of carbonyl (C=O) groups is 1. The highest BCUT2D eigenvalue weighted by Crippen LogP contribution is 2.23. The van der Waals surface area contributed by atoms with Gasteiger partial charge in [-0.2, -0.15) is 0 Å². The van der Waals surface area contributed by atoms with Crippen LogP contribution in [-0.2, 0) is 0 Å². The molecule has 1 N–H and O–H groups in total. The van der Waals surface area contributed by atoms with E-state index in [1.807, 2.05) is 4.90 Å². The second-order valence-corrected chi connectivity index (χ2v) is 7.64. The number of phenols is 1. The normalized spacial score (nSPS) is 14.9. The zero-order chi connectivity index (χ0) is 19.6. The molecule has 1 aliphatic rings. The van der Waals surface area contributed by atoms with Crippen LogP contribution in [0.4, 0.5) is 5.82 Å². The van der Waals surface area contributed by atoms with Crippen LogP contribution in [0.1, 0.15) is 61.4 Å². The monoisotopic (exact) mass is 368 g/mol. The van der Waals surface area contributed by atoms with Gasteiger partial charge in [-0.25, -0.2) is 9.97 Å². The number of piperazine rings is 1. The average Bonchev–Trinajstić information content (AvgIpc) is 2.67. The quantitative estimate of drug-likeness (QED) is 0.896. The van der Waals surface area contributed by atoms with Crippen LogP contribution in [0, 0.1) is 0 Å². The van der Waals surface area contributed by atoms with Crippen LogP contribution in [0.25, 0.3) is 0 Å². The van der Waals surface area contributed by atoms with Gasteiger partial charge >= 0.3 is 0 Å². The number of phenolic OH excluding ortho intramolecular Hbond substituents is 1. The predicted molar refractivity (Wildman–Crippen MR) is 106 cm³/mol. The Kier molecular flexibility index (Phi) is 5.63. The summed E-state index contributed by atoms with van der Waals surface area (Å²) in [6.07, 6.45) is 0. The summed E-state index contributed by atoms with van der Waals surface area (Å²) in [6.45, 7) is 11.3. The zero-order valence-electron chi connectivity index (χ0n) is 16.5. The molecule has 3 rings (SSSR count). The molecule has 0 unspecified atom stereocenters. The minimum Gasteiger partial charge on any atom is -0.508 e. The van der Waals surface area contributed by atoms with Gasteiger partial charge in [0, 0.05) is 49.4 Å². The van der Waals surface area contributed by atoms with Crippen LogP contribution < -0.4 is 4.90 Å². The van der Waals surface area contributed by atoms with Gasteiger partial charge in [-0.1, -0.05) is 27.7 Å². The third kappa shape index (κ3) is 4.38. The molecular formula is C21H28N4O2. The van der Waals surface area contributed by atoms with E-state index in [4.69, 9.17) is 9.97 Å². The third-order valence-corrected chi connectivity index (χ3v) is 4.86. The lowest BCUT2D eigenvalue weighted by Gasteiger charge is -2.36. The number of nitrogens with zero attached hydrogens (tertiary/aromatic N) is 4. The molecule has 0 radical (unpaired) electrons. The summed E-state index contributed by atoms with van der Waals surface area (Å²) in [4.78, 5) is 26.2. The van der Waals surface area contributed by atoms with E-state index in [9.17, 15) is 9.90 Å². The van der Waals surface area contributed by atoms with E-state index in [1.165, 1.54) is 0 Å². The number of hydrogen-bond acceptors (Lipinski definition) is 5. The summed E-state index contributed by atoms with van der Waals surface area (Å²) in [6, 6.07) is 8.50. The van der Waals surface area contributed by atoms with Crippen molar-refractivity contribution in [3.8, 4) is 5.75 Å². The number of amides is 1. The minimum atomic E-state index is 0.00285. The lowest BCUT2D eigenvalue weighted by Crippen LogP contribution is -2.49. The smallest absolute Gasteiger partial charge is 0.253 e. The highest BCUT2D eigenvalue weighted by Gasteiger charge is 2.24. The van der Waals surface area contributed by atoms with Crippen LogP contribution in [0.3, 0.4) is 0 Å². The molecule has 6 nitrogen and oxygen atoms in total. The first-order valence-corrected chi connectivity index (χ1v) is 9.57. The van der Waals surface area contributed by atoms with Crippen molar-refractivity contribution in [3.05, 3.63) is 47.4 Å². The molecule has 1 aliphatic heterocycles. The highest BCUT2D eigenvalue weighted by molar-refractivity contribution is 5.94. The first-order valence-electron chi connectivity index (χ1n) is 9.57. The average molecular weight is 368 g/mol. The predicted octanol–water partition coefficient (Wildman–Crippen LogP) is 3.39. The van der Waals surface area contributed by atoms with Gasteiger partial charge in [0.05, 0.1) is 0 Å². The van der Waals surface area contributed by atoms with Crippen LogP contribution in [0.2, 0.25) is 0 Å². The van der Waals surface area contributed by atoms with Crippen molar-refractivity contribution in [2.75, 3.05) is 31.1 Å². The minimum absolute atomic E-state index is 0.00285. The van der Waals surface area contributed by atoms with E-state index in [0.29, 0.717) is 24.6 Å². The molecule has 1 saturated heterocycles. The molecule has 0 spiro atoms. The molecule has 0 aliphatic carbocycles. The number of carbonyl (C=O) groups excluding carboxylic acids is 1. The zero-order valence-corrected chi connectivity index (χ0v) is 16.5. The largest absolute Gasteiger partial charge is 0.508 e. The number of anilines is 1.